The highest BCUT2D eigenvalue weighted by Gasteiger charge is 2.24. The van der Waals surface area contributed by atoms with Crippen molar-refractivity contribution in [2.45, 2.75) is 41.5 Å². The van der Waals surface area contributed by atoms with Gasteiger partial charge in [-0.3, -0.25) is 9.11 Å². The molecule has 0 saturated heterocycles. The highest BCUT2D eigenvalue weighted by Crippen LogP contribution is 2.22. The van der Waals surface area contributed by atoms with Gasteiger partial charge in [-0.15, -0.1) is 0 Å². The molecule has 0 atom stereocenters. The number of hydrogen-bond acceptors (Lipinski definition) is 5. The Balaban J connectivity index is 2.54. The average molecular weight is 349 g/mol. The lowest BCUT2D eigenvalue weighted by molar-refractivity contribution is -0.494. The first-order valence-electron chi connectivity index (χ1n) is 6.48. The molecule has 1 saturated carbocycles. The van der Waals surface area contributed by atoms with Crippen LogP contribution in [0.1, 0.15) is 31.2 Å². The minimum Gasteiger partial charge on any atom is -0.624 e. The molecule has 1 aliphatic carbocycles. The number of hydrogen-bond donors (Lipinski definition) is 2. The van der Waals surface area contributed by atoms with E-state index in [2.05, 4.69) is 0 Å². The predicted molar refractivity (Wildman–Crippen MR) is 77.1 cm³/mol. The first-order valence-corrected chi connectivity index (χ1v) is 9.36. The molecule has 1 aromatic rings. The monoisotopic (exact) mass is 349 g/mol. The quantitative estimate of drug-likeness (QED) is 0.273. The van der Waals surface area contributed by atoms with Gasteiger partial charge in [0.2, 0.25) is 0 Å². The second kappa shape index (κ2) is 5.95. The van der Waals surface area contributed by atoms with Crippen LogP contribution in [0.15, 0.2) is 28.0 Å². The van der Waals surface area contributed by atoms with Crippen LogP contribution in [0.2, 0.25) is 0 Å². The van der Waals surface area contributed by atoms with Gasteiger partial charge in [-0.1, -0.05) is 0 Å². The molecule has 10 heteroatoms. The standard InChI is InChI=1S/C12H15NO7S2/c14-13(10-3-1-2-4-10)8-9-5-6-11(21(15,16)17)7-12(9)22(18,19)20/h5-8,10H,1-4H2,(H,15,16,17)(H,18,19,20). The van der Waals surface area contributed by atoms with Crippen molar-refractivity contribution in [3.63, 3.8) is 0 Å². The Labute approximate surface area is 128 Å². The van der Waals surface area contributed by atoms with Crippen LogP contribution in [0.4, 0.5) is 0 Å². The van der Waals surface area contributed by atoms with Crippen LogP contribution in [0.25, 0.3) is 0 Å². The fourth-order valence-corrected chi connectivity index (χ4v) is 3.68. The molecule has 0 aliphatic heterocycles. The summed E-state index contributed by atoms with van der Waals surface area (Å²) in [7, 11) is -9.39. The maximum atomic E-state index is 12.0. The lowest BCUT2D eigenvalue weighted by Crippen LogP contribution is -2.20. The van der Waals surface area contributed by atoms with Gasteiger partial charge in [0.1, 0.15) is 4.90 Å². The molecule has 0 unspecified atom stereocenters. The second-order valence-corrected chi connectivity index (χ2v) is 7.89. The molecule has 8 nitrogen and oxygen atoms in total. The molecule has 22 heavy (non-hydrogen) atoms. The summed E-state index contributed by atoms with van der Waals surface area (Å²) in [5.41, 5.74) is -0.142. The van der Waals surface area contributed by atoms with E-state index in [0.717, 1.165) is 31.2 Å². The van der Waals surface area contributed by atoms with Crippen LogP contribution in [-0.2, 0) is 20.2 Å². The molecule has 0 spiro atoms. The summed E-state index contributed by atoms with van der Waals surface area (Å²) in [6, 6.07) is 2.35. The van der Waals surface area contributed by atoms with Gasteiger partial charge in [0, 0.05) is 12.8 Å². The molecule has 1 fully saturated rings. The van der Waals surface area contributed by atoms with Crippen molar-refractivity contribution in [2.24, 2.45) is 0 Å². The van der Waals surface area contributed by atoms with E-state index in [4.69, 9.17) is 4.55 Å². The normalized spacial score (nSPS) is 17.8. The van der Waals surface area contributed by atoms with E-state index in [1.165, 1.54) is 0 Å². The third-order valence-corrected chi connectivity index (χ3v) is 5.27. The minimum atomic E-state index is -4.76. The molecular weight excluding hydrogens is 334 g/mol. The molecule has 0 bridgehead atoms. The Morgan fingerprint density at radius 1 is 1.09 bits per heavy atom. The molecule has 2 N–H and O–H groups in total. The fourth-order valence-electron chi connectivity index (χ4n) is 2.41. The van der Waals surface area contributed by atoms with E-state index < -0.39 is 30.0 Å². The summed E-state index contributed by atoms with van der Waals surface area (Å²) < 4.78 is 63.6. The molecule has 122 valence electrons. The Kier molecular flexibility index (Phi) is 4.57. The fraction of sp³-hybridized carbons (Fsp3) is 0.417. The van der Waals surface area contributed by atoms with Crippen molar-refractivity contribution in [3.05, 3.63) is 29.0 Å². The molecule has 0 amide bonds. The van der Waals surface area contributed by atoms with Crippen LogP contribution < -0.4 is 0 Å². The first-order chi connectivity index (χ1) is 10.1. The molecule has 0 heterocycles. The van der Waals surface area contributed by atoms with Crippen molar-refractivity contribution in [1.29, 1.82) is 0 Å². The molecule has 0 radical (unpaired) electrons. The zero-order chi connectivity index (χ0) is 16.5. The number of benzene rings is 1. The van der Waals surface area contributed by atoms with E-state index in [1.54, 1.807) is 0 Å². The topological polar surface area (TPSA) is 135 Å². The van der Waals surface area contributed by atoms with E-state index in [1.807, 2.05) is 0 Å². The Morgan fingerprint density at radius 3 is 2.18 bits per heavy atom. The maximum Gasteiger partial charge on any atom is 0.295 e. The third kappa shape index (κ3) is 3.83. The summed E-state index contributed by atoms with van der Waals surface area (Å²) in [5, 5.41) is 12.0. The summed E-state index contributed by atoms with van der Waals surface area (Å²) in [5.74, 6) is 0. The van der Waals surface area contributed by atoms with Gasteiger partial charge >= 0.3 is 0 Å². The van der Waals surface area contributed by atoms with Crippen LogP contribution in [-0.4, -0.2) is 42.9 Å². The zero-order valence-electron chi connectivity index (χ0n) is 11.4. The van der Waals surface area contributed by atoms with Crippen molar-refractivity contribution in [2.75, 3.05) is 0 Å². The van der Waals surface area contributed by atoms with Crippen LogP contribution in [0.5, 0.6) is 0 Å². The lowest BCUT2D eigenvalue weighted by Gasteiger charge is -2.11. The maximum absolute atomic E-state index is 12.0. The highest BCUT2D eigenvalue weighted by atomic mass is 32.2. The van der Waals surface area contributed by atoms with E-state index in [9.17, 15) is 26.6 Å². The van der Waals surface area contributed by atoms with Crippen molar-refractivity contribution < 1.29 is 30.7 Å². The Hall–Kier alpha value is -1.49. The van der Waals surface area contributed by atoms with E-state index in [0.29, 0.717) is 23.6 Å². The lowest BCUT2D eigenvalue weighted by atomic mass is 10.2. The Bertz CT molecular complexity index is 806. The molecule has 1 aliphatic rings. The molecule has 1 aromatic carbocycles. The highest BCUT2D eigenvalue weighted by molar-refractivity contribution is 7.86. The van der Waals surface area contributed by atoms with Gasteiger partial charge in [-0.25, -0.2) is 4.74 Å². The summed E-state index contributed by atoms with van der Waals surface area (Å²) >= 11 is 0. The van der Waals surface area contributed by atoms with E-state index in [-0.39, 0.29) is 11.6 Å². The third-order valence-electron chi connectivity index (χ3n) is 3.51. The summed E-state index contributed by atoms with van der Waals surface area (Å²) in [6.07, 6.45) is 4.19. The van der Waals surface area contributed by atoms with Crippen LogP contribution in [0, 0.1) is 5.21 Å². The zero-order valence-corrected chi connectivity index (χ0v) is 13.0. The molecule has 0 aromatic heterocycles. The number of hydroxylamine groups is 1. The van der Waals surface area contributed by atoms with Gasteiger partial charge in [0.25, 0.3) is 20.2 Å². The minimum absolute atomic E-state index is 0.142. The Morgan fingerprint density at radius 2 is 1.68 bits per heavy atom. The van der Waals surface area contributed by atoms with Gasteiger partial charge in [-0.05, 0) is 31.0 Å². The average Bonchev–Trinajstić information content (AvgIpc) is 2.90. The number of nitrogens with zero attached hydrogens (tertiary/aromatic N) is 1. The summed E-state index contributed by atoms with van der Waals surface area (Å²) in [6.45, 7) is 0. The van der Waals surface area contributed by atoms with Gasteiger partial charge in [0.15, 0.2) is 12.3 Å². The predicted octanol–water partition coefficient (Wildman–Crippen LogP) is 1.05. The van der Waals surface area contributed by atoms with Gasteiger partial charge in [-0.2, -0.15) is 16.8 Å². The van der Waals surface area contributed by atoms with Gasteiger partial charge < -0.3 is 5.21 Å². The molecular formula is C12H15NO7S2. The van der Waals surface area contributed by atoms with Crippen molar-refractivity contribution >= 4 is 26.5 Å². The van der Waals surface area contributed by atoms with Gasteiger partial charge in [0.05, 0.1) is 10.5 Å². The second-order valence-electron chi connectivity index (χ2n) is 5.08. The SMILES string of the molecule is O=S(=O)(O)c1ccc(C=[N+]([O-])C2CCCC2)c(S(=O)(=O)O)c1. The summed E-state index contributed by atoms with van der Waals surface area (Å²) in [4.78, 5) is -1.43. The van der Waals surface area contributed by atoms with Crippen molar-refractivity contribution in [1.82, 2.24) is 0 Å². The molecule has 2 rings (SSSR count). The first kappa shape index (κ1) is 16.9. The van der Waals surface area contributed by atoms with Crippen molar-refractivity contribution in [3.8, 4) is 0 Å². The number of rotatable bonds is 4. The smallest absolute Gasteiger partial charge is 0.295 e. The van der Waals surface area contributed by atoms with E-state index >= 15 is 0 Å². The van der Waals surface area contributed by atoms with Crippen LogP contribution >= 0.6 is 0 Å². The largest absolute Gasteiger partial charge is 0.624 e. The van der Waals surface area contributed by atoms with Crippen LogP contribution in [0.3, 0.4) is 0 Å².